The molecular weight excluding hydrogens is 288 g/mol. The van der Waals surface area contributed by atoms with Crippen molar-refractivity contribution in [3.05, 3.63) is 55.3 Å². The summed E-state index contributed by atoms with van der Waals surface area (Å²) in [6.45, 7) is 3.22. The van der Waals surface area contributed by atoms with Crippen LogP contribution < -0.4 is 16.7 Å². The monoisotopic (exact) mass is 300 g/mol. The number of aryl methyl sites for hydroxylation is 2. The Balaban J connectivity index is 0.000000220. The van der Waals surface area contributed by atoms with Gasteiger partial charge in [-0.05, 0) is 13.8 Å². The predicted octanol–water partition coefficient (Wildman–Crippen LogP) is 0.663. The zero-order valence-corrected chi connectivity index (χ0v) is 11.8. The predicted molar refractivity (Wildman–Crippen MR) is 77.0 cm³/mol. The molecule has 0 atom stereocenters. The molecule has 112 valence electrons. The zero-order valence-electron chi connectivity index (χ0n) is 11.8. The van der Waals surface area contributed by atoms with Crippen LogP contribution in [0.1, 0.15) is 22.6 Å². The molecule has 0 spiro atoms. The number of nitrogens with one attached hydrogen (secondary N) is 1. The van der Waals surface area contributed by atoms with Crippen molar-refractivity contribution in [2.45, 2.75) is 13.8 Å². The molecule has 0 aromatic carbocycles. The fourth-order valence-electron chi connectivity index (χ4n) is 1.52. The van der Waals surface area contributed by atoms with Crippen molar-refractivity contribution in [3.63, 3.8) is 0 Å². The van der Waals surface area contributed by atoms with E-state index >= 15 is 0 Å². The molecule has 2 aromatic rings. The van der Waals surface area contributed by atoms with Gasteiger partial charge in [-0.3, -0.25) is 9.59 Å². The lowest BCUT2D eigenvalue weighted by molar-refractivity contribution is 0.471. The number of hydrogen-bond donors (Lipinski definition) is 3. The van der Waals surface area contributed by atoms with Crippen LogP contribution in [0.2, 0.25) is 0 Å². The molecule has 0 aliphatic rings. The number of aromatic nitrogens is 1. The molecule has 2 aromatic heterocycles. The van der Waals surface area contributed by atoms with Gasteiger partial charge in [0.05, 0.1) is 0 Å². The quantitative estimate of drug-likeness (QED) is 0.644. The highest BCUT2D eigenvalue weighted by molar-refractivity contribution is 5.45. The first-order valence-electron chi connectivity index (χ1n) is 5.93. The fourth-order valence-corrected chi connectivity index (χ4v) is 1.52. The van der Waals surface area contributed by atoms with Gasteiger partial charge in [-0.2, -0.15) is 10.5 Å². The largest absolute Gasteiger partial charge is 0.506 e. The van der Waals surface area contributed by atoms with Gasteiger partial charge in [-0.15, -0.1) is 0 Å². The molecule has 4 N–H and O–H groups in total. The summed E-state index contributed by atoms with van der Waals surface area (Å²) in [5.41, 5.74) is 4.46. The molecular formula is C14H12N4O4. The summed E-state index contributed by atoms with van der Waals surface area (Å²) in [5.74, 6) is 0.0257. The van der Waals surface area contributed by atoms with E-state index in [0.29, 0.717) is 11.5 Å². The smallest absolute Gasteiger partial charge is 0.269 e. The first kappa shape index (κ1) is 16.5. The highest BCUT2D eigenvalue weighted by Crippen LogP contribution is 2.10. The van der Waals surface area contributed by atoms with E-state index in [2.05, 4.69) is 4.98 Å². The molecule has 0 saturated heterocycles. The van der Waals surface area contributed by atoms with E-state index in [-0.39, 0.29) is 22.8 Å². The van der Waals surface area contributed by atoms with Gasteiger partial charge in [-0.1, -0.05) is 0 Å². The van der Waals surface area contributed by atoms with Crippen molar-refractivity contribution in [2.75, 3.05) is 5.73 Å². The van der Waals surface area contributed by atoms with Gasteiger partial charge in [0, 0.05) is 17.8 Å². The summed E-state index contributed by atoms with van der Waals surface area (Å²) >= 11 is 0. The number of nitrogens with two attached hydrogens (primary N) is 1. The van der Waals surface area contributed by atoms with Crippen LogP contribution in [0.5, 0.6) is 5.75 Å². The molecule has 2 heterocycles. The first-order valence-corrected chi connectivity index (χ1v) is 5.93. The van der Waals surface area contributed by atoms with Crippen molar-refractivity contribution in [3.8, 4) is 17.9 Å². The summed E-state index contributed by atoms with van der Waals surface area (Å²) in [5, 5.41) is 25.8. The maximum Gasteiger partial charge on any atom is 0.269 e. The molecule has 0 radical (unpaired) electrons. The van der Waals surface area contributed by atoms with Crippen LogP contribution in [0.4, 0.5) is 5.88 Å². The highest BCUT2D eigenvalue weighted by atomic mass is 16.3. The molecule has 0 amide bonds. The Hall–Kier alpha value is -3.52. The summed E-state index contributed by atoms with van der Waals surface area (Å²) in [4.78, 5) is 24.2. The minimum absolute atomic E-state index is 0.113. The molecule has 0 unspecified atom stereocenters. The standard InChI is InChI=1S/2C7H6N2O2/c1-4-2-6(10)5(3-8)7(9)11-4;1-4-2-6(10)5(3-8)7(11)9-4/h2H,9H2,1H3;2H,1H3,(H2,9,10,11). The molecule has 0 aliphatic carbocycles. The third-order valence-electron chi connectivity index (χ3n) is 2.47. The van der Waals surface area contributed by atoms with Crippen molar-refractivity contribution in [2.24, 2.45) is 0 Å². The summed E-state index contributed by atoms with van der Waals surface area (Å²) in [6, 6.07) is 5.82. The fraction of sp³-hybridized carbons (Fsp3) is 0.143. The second-order valence-electron chi connectivity index (χ2n) is 4.23. The number of hydrogen-bond acceptors (Lipinski definition) is 7. The SMILES string of the molecule is Cc1cc(=O)c(C#N)c(N)o1.Cc1cc(O)c(C#N)c(=O)[nH]1. The first-order chi connectivity index (χ1) is 10.3. The van der Waals surface area contributed by atoms with Crippen LogP contribution in [-0.4, -0.2) is 10.1 Å². The maximum atomic E-state index is 10.9. The van der Waals surface area contributed by atoms with Gasteiger partial charge in [0.25, 0.3) is 5.56 Å². The summed E-state index contributed by atoms with van der Waals surface area (Å²) in [6.07, 6.45) is 0. The number of nitrogen functional groups attached to an aromatic ring is 1. The van der Waals surface area contributed by atoms with Gasteiger partial charge in [0.2, 0.25) is 11.3 Å². The van der Waals surface area contributed by atoms with Crippen LogP contribution >= 0.6 is 0 Å². The average Bonchev–Trinajstić information content (AvgIpc) is 2.38. The van der Waals surface area contributed by atoms with Gasteiger partial charge in [-0.25, -0.2) is 0 Å². The number of H-pyrrole nitrogens is 1. The molecule has 0 fully saturated rings. The number of nitrogens with zero attached hydrogens (tertiary/aromatic N) is 2. The van der Waals surface area contributed by atoms with E-state index in [1.807, 2.05) is 0 Å². The Morgan fingerprint density at radius 3 is 2.23 bits per heavy atom. The number of anilines is 1. The minimum Gasteiger partial charge on any atom is -0.506 e. The lowest BCUT2D eigenvalue weighted by atomic mass is 10.2. The third kappa shape index (κ3) is 3.74. The van der Waals surface area contributed by atoms with E-state index in [1.54, 1.807) is 26.0 Å². The Morgan fingerprint density at radius 1 is 1.18 bits per heavy atom. The molecule has 0 bridgehead atoms. The topological polar surface area (TPSA) is 157 Å². The van der Waals surface area contributed by atoms with Crippen LogP contribution in [0.15, 0.2) is 26.1 Å². The number of aromatic hydroxyl groups is 1. The third-order valence-corrected chi connectivity index (χ3v) is 2.47. The van der Waals surface area contributed by atoms with Crippen molar-refractivity contribution in [1.29, 1.82) is 10.5 Å². The second kappa shape index (κ2) is 6.77. The Labute approximate surface area is 124 Å². The molecule has 8 nitrogen and oxygen atoms in total. The molecule has 2 rings (SSSR count). The molecule has 22 heavy (non-hydrogen) atoms. The normalized spacial score (nSPS) is 9.09. The summed E-state index contributed by atoms with van der Waals surface area (Å²) < 4.78 is 4.84. The zero-order chi connectivity index (χ0) is 16.9. The number of aromatic amines is 1. The van der Waals surface area contributed by atoms with Crippen LogP contribution in [0, 0.1) is 36.5 Å². The Kier molecular flexibility index (Phi) is 5.09. The number of pyridine rings is 1. The molecule has 8 heteroatoms. The Bertz CT molecular complexity index is 822. The van der Waals surface area contributed by atoms with Gasteiger partial charge < -0.3 is 20.2 Å². The Morgan fingerprint density at radius 2 is 1.77 bits per heavy atom. The van der Waals surface area contributed by atoms with Crippen LogP contribution in [-0.2, 0) is 0 Å². The second-order valence-corrected chi connectivity index (χ2v) is 4.23. The summed E-state index contributed by atoms with van der Waals surface area (Å²) in [7, 11) is 0. The number of rotatable bonds is 0. The lowest BCUT2D eigenvalue weighted by Crippen LogP contribution is -2.10. The van der Waals surface area contributed by atoms with Crippen LogP contribution in [0.25, 0.3) is 0 Å². The van der Waals surface area contributed by atoms with Crippen molar-refractivity contribution >= 4 is 5.88 Å². The molecule has 0 aliphatic heterocycles. The van der Waals surface area contributed by atoms with Gasteiger partial charge in [0.15, 0.2) is 11.1 Å². The highest BCUT2D eigenvalue weighted by Gasteiger charge is 2.05. The van der Waals surface area contributed by atoms with E-state index in [0.717, 1.165) is 0 Å². The van der Waals surface area contributed by atoms with E-state index < -0.39 is 11.0 Å². The molecule has 0 saturated carbocycles. The van der Waals surface area contributed by atoms with Gasteiger partial charge in [0.1, 0.15) is 23.6 Å². The van der Waals surface area contributed by atoms with E-state index in [4.69, 9.17) is 25.8 Å². The van der Waals surface area contributed by atoms with Gasteiger partial charge >= 0.3 is 0 Å². The van der Waals surface area contributed by atoms with Crippen molar-refractivity contribution < 1.29 is 9.52 Å². The maximum absolute atomic E-state index is 10.9. The minimum atomic E-state index is -0.551. The van der Waals surface area contributed by atoms with Crippen LogP contribution in [0.3, 0.4) is 0 Å². The number of nitriles is 2. The van der Waals surface area contributed by atoms with Crippen molar-refractivity contribution in [1.82, 2.24) is 4.98 Å². The van der Waals surface area contributed by atoms with E-state index in [9.17, 15) is 9.59 Å². The lowest BCUT2D eigenvalue weighted by Gasteiger charge is -1.95. The van der Waals surface area contributed by atoms with E-state index in [1.165, 1.54) is 12.1 Å². The average molecular weight is 300 g/mol.